The number of nitrogens with zero attached hydrogens (tertiary/aromatic N) is 3. The van der Waals surface area contributed by atoms with Gasteiger partial charge in [-0.15, -0.1) is 0 Å². The summed E-state index contributed by atoms with van der Waals surface area (Å²) in [5.41, 5.74) is 7.54. The van der Waals surface area contributed by atoms with Crippen LogP contribution in [-0.2, 0) is 9.59 Å². The molecule has 0 radical (unpaired) electrons. The number of nitrogens with one attached hydrogen (secondary N) is 1. The third-order valence-electron chi connectivity index (χ3n) is 6.13. The molecule has 4 rings (SSSR count). The molecule has 0 unspecified atom stereocenters. The fourth-order valence-electron chi connectivity index (χ4n) is 4.24. The van der Waals surface area contributed by atoms with Crippen LogP contribution in [0.2, 0.25) is 0 Å². The molecule has 0 saturated carbocycles. The van der Waals surface area contributed by atoms with E-state index in [0.29, 0.717) is 31.6 Å². The average Bonchev–Trinajstić information content (AvgIpc) is 2.79. The number of hydrogen-bond acceptors (Lipinski definition) is 5. The summed E-state index contributed by atoms with van der Waals surface area (Å²) in [6, 6.07) is 13.4. The van der Waals surface area contributed by atoms with Crippen molar-refractivity contribution in [1.29, 1.82) is 0 Å². The third kappa shape index (κ3) is 4.42. The van der Waals surface area contributed by atoms with Crippen LogP contribution in [0.5, 0.6) is 0 Å². The largest absolute Gasteiger partial charge is 0.336 e. The van der Waals surface area contributed by atoms with Crippen molar-refractivity contribution in [2.24, 2.45) is 10.9 Å². The van der Waals surface area contributed by atoms with E-state index in [2.05, 4.69) is 10.4 Å². The lowest BCUT2D eigenvalue weighted by Gasteiger charge is -2.34. The van der Waals surface area contributed by atoms with E-state index in [4.69, 9.17) is 0 Å². The van der Waals surface area contributed by atoms with Gasteiger partial charge in [0.05, 0.1) is 5.69 Å². The van der Waals surface area contributed by atoms with Gasteiger partial charge in [0.25, 0.3) is 11.8 Å². The van der Waals surface area contributed by atoms with Crippen molar-refractivity contribution in [1.82, 2.24) is 10.3 Å². The average molecular weight is 433 g/mol. The van der Waals surface area contributed by atoms with Crippen LogP contribution in [-0.4, -0.2) is 48.0 Å². The molecule has 1 saturated heterocycles. The number of carbonyl (C=O) groups is 3. The number of Topliss-reactive ketones (excluding diaryl/α,β-unsaturated/α-hetero) is 1. The first-order valence-corrected chi connectivity index (χ1v) is 10.9. The monoisotopic (exact) mass is 432 g/mol. The topological polar surface area (TPSA) is 82.1 Å². The summed E-state index contributed by atoms with van der Waals surface area (Å²) in [4.78, 5) is 44.2. The zero-order chi connectivity index (χ0) is 22.8. The van der Waals surface area contributed by atoms with Crippen molar-refractivity contribution in [3.63, 3.8) is 0 Å². The van der Waals surface area contributed by atoms with Gasteiger partial charge in [-0.05, 0) is 51.3 Å². The lowest BCUT2D eigenvalue weighted by Crippen LogP contribution is -2.57. The third-order valence-corrected chi connectivity index (χ3v) is 6.13. The van der Waals surface area contributed by atoms with Crippen molar-refractivity contribution >= 4 is 29.1 Å². The van der Waals surface area contributed by atoms with Crippen LogP contribution >= 0.6 is 0 Å². The van der Waals surface area contributed by atoms with Gasteiger partial charge in [-0.3, -0.25) is 24.8 Å². The van der Waals surface area contributed by atoms with Crippen molar-refractivity contribution in [2.75, 3.05) is 24.6 Å². The van der Waals surface area contributed by atoms with Crippen molar-refractivity contribution in [3.05, 3.63) is 64.7 Å². The van der Waals surface area contributed by atoms with E-state index in [9.17, 15) is 14.4 Å². The van der Waals surface area contributed by atoms with Crippen LogP contribution in [0.3, 0.4) is 0 Å². The minimum absolute atomic E-state index is 0.0798. The second-order valence-corrected chi connectivity index (χ2v) is 8.59. The van der Waals surface area contributed by atoms with Gasteiger partial charge in [0.1, 0.15) is 6.54 Å². The molecule has 7 nitrogen and oxygen atoms in total. The number of amidine groups is 1. The summed E-state index contributed by atoms with van der Waals surface area (Å²) in [6.07, 6.45) is 1.23. The molecule has 2 aliphatic heterocycles. The maximum absolute atomic E-state index is 13.0. The molecule has 0 aliphatic carbocycles. The Kier molecular flexibility index (Phi) is 6.08. The van der Waals surface area contributed by atoms with Gasteiger partial charge in [0, 0.05) is 24.6 Å². The lowest BCUT2D eigenvalue weighted by molar-refractivity contribution is -0.125. The summed E-state index contributed by atoms with van der Waals surface area (Å²) < 4.78 is 0. The van der Waals surface area contributed by atoms with Gasteiger partial charge in [0.15, 0.2) is 5.78 Å². The maximum Gasteiger partial charge on any atom is 0.290 e. The minimum Gasteiger partial charge on any atom is -0.336 e. The van der Waals surface area contributed by atoms with Gasteiger partial charge in [-0.2, -0.15) is 0 Å². The van der Waals surface area contributed by atoms with Crippen LogP contribution < -0.4 is 10.4 Å². The molecule has 0 spiro atoms. The number of rotatable bonds is 4. The molecule has 2 aliphatic rings. The fraction of sp³-hybridized carbons (Fsp3) is 0.360. The molecule has 1 fully saturated rings. The Balaban J connectivity index is 1.39. The smallest absolute Gasteiger partial charge is 0.290 e. The van der Waals surface area contributed by atoms with E-state index in [1.165, 1.54) is 5.01 Å². The highest BCUT2D eigenvalue weighted by atomic mass is 16.2. The highest BCUT2D eigenvalue weighted by Gasteiger charge is 2.33. The number of anilines is 1. The SMILES string of the molecule is Cc1ccc(N2NC(C(=O)N3CCC(C(=O)c4ccc(C)cc4C)CC3)=NCC2=O)cc1. The van der Waals surface area contributed by atoms with E-state index < -0.39 is 0 Å². The molecule has 1 N–H and O–H groups in total. The maximum atomic E-state index is 13.0. The normalized spacial score (nSPS) is 17.1. The van der Waals surface area contributed by atoms with Crippen molar-refractivity contribution in [2.45, 2.75) is 33.6 Å². The number of benzene rings is 2. The lowest BCUT2D eigenvalue weighted by atomic mass is 9.87. The Morgan fingerprint density at radius 3 is 2.28 bits per heavy atom. The number of hydrogen-bond donors (Lipinski definition) is 1. The number of hydrazine groups is 1. The number of aliphatic imine (C=N–C) groups is 1. The quantitative estimate of drug-likeness (QED) is 0.753. The zero-order valence-corrected chi connectivity index (χ0v) is 18.7. The van der Waals surface area contributed by atoms with Gasteiger partial charge in [-0.25, -0.2) is 5.01 Å². The van der Waals surface area contributed by atoms with E-state index in [1.54, 1.807) is 4.90 Å². The molecule has 2 aromatic rings. The predicted molar refractivity (Wildman–Crippen MR) is 124 cm³/mol. The van der Waals surface area contributed by atoms with Crippen LogP contribution in [0.15, 0.2) is 47.5 Å². The molecule has 0 aromatic heterocycles. The number of piperidine rings is 1. The molecule has 0 atom stereocenters. The number of carbonyl (C=O) groups excluding carboxylic acids is 3. The summed E-state index contributed by atoms with van der Waals surface area (Å²) >= 11 is 0. The fourth-order valence-corrected chi connectivity index (χ4v) is 4.24. The number of likely N-dealkylation sites (tertiary alicyclic amines) is 1. The highest BCUT2D eigenvalue weighted by molar-refractivity contribution is 6.39. The Bertz CT molecular complexity index is 1080. The second kappa shape index (κ2) is 8.94. The molecule has 0 bridgehead atoms. The second-order valence-electron chi connectivity index (χ2n) is 8.59. The van der Waals surface area contributed by atoms with Crippen molar-refractivity contribution < 1.29 is 14.4 Å². The van der Waals surface area contributed by atoms with E-state index >= 15 is 0 Å². The Hall–Kier alpha value is -3.48. The molecule has 166 valence electrons. The molecular formula is C25H28N4O3. The molecule has 2 aromatic carbocycles. The van der Waals surface area contributed by atoms with Gasteiger partial charge >= 0.3 is 0 Å². The van der Waals surface area contributed by atoms with Crippen LogP contribution in [0.25, 0.3) is 0 Å². The number of ketones is 1. The van der Waals surface area contributed by atoms with E-state index in [-0.39, 0.29) is 35.9 Å². The first-order chi connectivity index (χ1) is 15.3. The number of aryl methyl sites for hydroxylation is 3. The van der Waals surface area contributed by atoms with Crippen LogP contribution in [0, 0.1) is 26.7 Å². The Labute approximate surface area is 188 Å². The Morgan fingerprint density at radius 2 is 1.62 bits per heavy atom. The first-order valence-electron chi connectivity index (χ1n) is 10.9. The van der Waals surface area contributed by atoms with Gasteiger partial charge in [-0.1, -0.05) is 41.5 Å². The summed E-state index contributed by atoms with van der Waals surface area (Å²) in [6.45, 7) is 6.84. The van der Waals surface area contributed by atoms with Gasteiger partial charge in [0.2, 0.25) is 5.84 Å². The van der Waals surface area contributed by atoms with Crippen LogP contribution in [0.4, 0.5) is 5.69 Å². The molecule has 2 amide bonds. The Morgan fingerprint density at radius 1 is 0.969 bits per heavy atom. The molecule has 32 heavy (non-hydrogen) atoms. The van der Waals surface area contributed by atoms with E-state index in [0.717, 1.165) is 22.3 Å². The minimum atomic E-state index is -0.243. The van der Waals surface area contributed by atoms with Crippen LogP contribution in [0.1, 0.15) is 39.9 Å². The molecule has 2 heterocycles. The van der Waals surface area contributed by atoms with E-state index in [1.807, 2.05) is 63.2 Å². The standard InChI is InChI=1S/C25H28N4O3/c1-16-4-7-20(8-5-16)29-22(30)15-26-24(27-29)25(32)28-12-10-19(11-13-28)23(31)21-9-6-17(2)14-18(21)3/h4-9,14,19H,10-13,15H2,1-3H3,(H,26,27). The zero-order valence-electron chi connectivity index (χ0n) is 18.7. The van der Waals surface area contributed by atoms with Gasteiger partial charge < -0.3 is 4.90 Å². The summed E-state index contributed by atoms with van der Waals surface area (Å²) in [5.74, 6) is -0.245. The molecular weight excluding hydrogens is 404 g/mol. The summed E-state index contributed by atoms with van der Waals surface area (Å²) in [5, 5.41) is 1.37. The summed E-state index contributed by atoms with van der Waals surface area (Å²) in [7, 11) is 0. The highest BCUT2D eigenvalue weighted by Crippen LogP contribution is 2.24. The number of amides is 2. The molecule has 7 heteroatoms. The van der Waals surface area contributed by atoms with Crippen molar-refractivity contribution in [3.8, 4) is 0 Å². The first kappa shape index (κ1) is 21.7. The predicted octanol–water partition coefficient (Wildman–Crippen LogP) is 2.98.